The first-order valence-corrected chi connectivity index (χ1v) is 7.69. The molecule has 23 heavy (non-hydrogen) atoms. The molecule has 0 bridgehead atoms. The maximum Gasteiger partial charge on any atom is 0.194 e. The number of benzene rings is 2. The average molecular weight is 306 g/mol. The second-order valence-electron chi connectivity index (χ2n) is 6.03. The van der Waals surface area contributed by atoms with Crippen LogP contribution in [0.15, 0.2) is 54.6 Å². The van der Waals surface area contributed by atoms with Gasteiger partial charge in [0.15, 0.2) is 11.6 Å². The second-order valence-corrected chi connectivity index (χ2v) is 6.03. The molecule has 3 nitrogen and oxygen atoms in total. The molecule has 0 aliphatic heterocycles. The fourth-order valence-corrected chi connectivity index (χ4v) is 2.55. The quantitative estimate of drug-likeness (QED) is 0.851. The van der Waals surface area contributed by atoms with Crippen molar-refractivity contribution < 1.29 is 14.3 Å². The van der Waals surface area contributed by atoms with Gasteiger partial charge in [-0.1, -0.05) is 50.2 Å². The third kappa shape index (κ3) is 3.09. The first-order chi connectivity index (χ1) is 11.1. The molecule has 116 valence electrons. The van der Waals surface area contributed by atoms with Crippen molar-refractivity contribution in [3.63, 3.8) is 0 Å². The summed E-state index contributed by atoms with van der Waals surface area (Å²) in [5.74, 6) is 0.865. The van der Waals surface area contributed by atoms with E-state index in [2.05, 4.69) is 13.8 Å². The molecule has 1 aliphatic rings. The Kier molecular flexibility index (Phi) is 4.11. The molecule has 0 saturated heterocycles. The topological polar surface area (TPSA) is 43.4 Å². The zero-order valence-corrected chi connectivity index (χ0v) is 13.2. The van der Waals surface area contributed by atoms with E-state index in [1.54, 1.807) is 24.3 Å². The summed E-state index contributed by atoms with van der Waals surface area (Å²) in [5, 5.41) is 0. The minimum atomic E-state index is -0.135. The van der Waals surface area contributed by atoms with Crippen molar-refractivity contribution in [1.29, 1.82) is 0 Å². The van der Waals surface area contributed by atoms with Crippen molar-refractivity contribution in [2.24, 2.45) is 5.92 Å². The van der Waals surface area contributed by atoms with Crippen molar-refractivity contribution in [3.8, 4) is 5.75 Å². The summed E-state index contributed by atoms with van der Waals surface area (Å²) in [6.07, 6.45) is 1.42. The Labute approximate surface area is 135 Å². The van der Waals surface area contributed by atoms with Crippen molar-refractivity contribution >= 4 is 17.1 Å². The average Bonchev–Trinajstić information content (AvgIpc) is 2.56. The van der Waals surface area contributed by atoms with E-state index in [0.29, 0.717) is 40.5 Å². The Morgan fingerprint density at radius 2 is 1.70 bits per heavy atom. The van der Waals surface area contributed by atoms with Crippen LogP contribution in [0.1, 0.15) is 40.1 Å². The number of rotatable bonds is 4. The fourth-order valence-electron chi connectivity index (χ4n) is 2.55. The van der Waals surface area contributed by atoms with Crippen LogP contribution in [0.25, 0.3) is 5.57 Å². The molecular formula is C20H18O3. The Bertz CT molecular complexity index is 800. The van der Waals surface area contributed by atoms with Crippen LogP contribution in [0.2, 0.25) is 0 Å². The third-order valence-corrected chi connectivity index (χ3v) is 3.69. The number of ether oxygens (including phenoxy) is 1. The van der Waals surface area contributed by atoms with Crippen LogP contribution < -0.4 is 4.74 Å². The highest BCUT2D eigenvalue weighted by molar-refractivity contribution is 6.38. The fraction of sp³-hybridized carbons (Fsp3) is 0.200. The van der Waals surface area contributed by atoms with Crippen LogP contribution in [0.3, 0.4) is 0 Å². The summed E-state index contributed by atoms with van der Waals surface area (Å²) in [6, 6.07) is 14.3. The second kappa shape index (κ2) is 6.21. The molecule has 2 aromatic carbocycles. The highest BCUT2D eigenvalue weighted by atomic mass is 16.5. The summed E-state index contributed by atoms with van der Waals surface area (Å²) < 4.78 is 5.71. The lowest BCUT2D eigenvalue weighted by Crippen LogP contribution is -2.16. The van der Waals surface area contributed by atoms with Gasteiger partial charge in [0.1, 0.15) is 5.75 Å². The summed E-state index contributed by atoms with van der Waals surface area (Å²) in [5.41, 5.74) is 2.06. The first kappa shape index (κ1) is 15.2. The van der Waals surface area contributed by atoms with Gasteiger partial charge >= 0.3 is 0 Å². The van der Waals surface area contributed by atoms with Crippen LogP contribution in [-0.2, 0) is 0 Å². The van der Waals surface area contributed by atoms with Crippen molar-refractivity contribution in [3.05, 3.63) is 71.3 Å². The number of hydrogen-bond donors (Lipinski definition) is 0. The number of allylic oxidation sites excluding steroid dienone is 2. The van der Waals surface area contributed by atoms with Gasteiger partial charge < -0.3 is 4.74 Å². The van der Waals surface area contributed by atoms with E-state index in [0.717, 1.165) is 0 Å². The Hall–Kier alpha value is -2.68. The molecule has 3 heteroatoms. The molecule has 3 rings (SSSR count). The number of fused-ring (bicyclic) bond motifs is 1. The molecule has 2 aromatic rings. The summed E-state index contributed by atoms with van der Waals surface area (Å²) in [6.45, 7) is 4.76. The molecule has 0 N–H and O–H groups in total. The van der Waals surface area contributed by atoms with E-state index < -0.39 is 0 Å². The molecule has 0 fully saturated rings. The summed E-state index contributed by atoms with van der Waals surface area (Å²) in [4.78, 5) is 24.9. The van der Waals surface area contributed by atoms with E-state index in [1.807, 2.05) is 24.3 Å². The van der Waals surface area contributed by atoms with Gasteiger partial charge in [-0.2, -0.15) is 0 Å². The number of carbonyl (C=O) groups is 2. The molecule has 0 atom stereocenters. The van der Waals surface area contributed by atoms with Crippen molar-refractivity contribution in [1.82, 2.24) is 0 Å². The van der Waals surface area contributed by atoms with Gasteiger partial charge in [0.05, 0.1) is 6.61 Å². The van der Waals surface area contributed by atoms with Gasteiger partial charge in [-0.3, -0.25) is 9.59 Å². The van der Waals surface area contributed by atoms with E-state index >= 15 is 0 Å². The van der Waals surface area contributed by atoms with Crippen LogP contribution in [-0.4, -0.2) is 18.2 Å². The monoisotopic (exact) mass is 306 g/mol. The molecule has 0 unspecified atom stereocenters. The normalized spacial score (nSPS) is 13.8. The van der Waals surface area contributed by atoms with Gasteiger partial charge in [-0.15, -0.1) is 0 Å². The third-order valence-electron chi connectivity index (χ3n) is 3.69. The molecule has 0 aromatic heterocycles. The van der Waals surface area contributed by atoms with E-state index in [4.69, 9.17) is 4.74 Å². The van der Waals surface area contributed by atoms with Gasteiger partial charge in [0.25, 0.3) is 0 Å². The predicted molar refractivity (Wildman–Crippen MR) is 89.9 cm³/mol. The molecule has 0 heterocycles. The van der Waals surface area contributed by atoms with Gasteiger partial charge in [0, 0.05) is 16.7 Å². The van der Waals surface area contributed by atoms with E-state index in [-0.39, 0.29) is 11.6 Å². The zero-order chi connectivity index (χ0) is 16.4. The van der Waals surface area contributed by atoms with E-state index in [1.165, 1.54) is 6.08 Å². The van der Waals surface area contributed by atoms with E-state index in [9.17, 15) is 9.59 Å². The Morgan fingerprint density at radius 1 is 0.957 bits per heavy atom. The summed E-state index contributed by atoms with van der Waals surface area (Å²) >= 11 is 0. The van der Waals surface area contributed by atoms with Gasteiger partial charge in [0.2, 0.25) is 0 Å². The van der Waals surface area contributed by atoms with Crippen LogP contribution in [0, 0.1) is 5.92 Å². The van der Waals surface area contributed by atoms with Gasteiger partial charge in [-0.25, -0.2) is 0 Å². The predicted octanol–water partition coefficient (Wildman–Crippen LogP) is 4.18. The van der Waals surface area contributed by atoms with Crippen LogP contribution in [0.4, 0.5) is 0 Å². The molecule has 0 spiro atoms. The molecule has 0 saturated carbocycles. The Morgan fingerprint density at radius 3 is 2.43 bits per heavy atom. The maximum absolute atomic E-state index is 12.7. The van der Waals surface area contributed by atoms with Crippen LogP contribution >= 0.6 is 0 Å². The molecule has 0 amide bonds. The lowest BCUT2D eigenvalue weighted by Gasteiger charge is -2.16. The van der Waals surface area contributed by atoms with Crippen molar-refractivity contribution in [2.45, 2.75) is 13.8 Å². The first-order valence-electron chi connectivity index (χ1n) is 7.69. The highest BCUT2D eigenvalue weighted by Crippen LogP contribution is 2.29. The van der Waals surface area contributed by atoms with Crippen molar-refractivity contribution in [2.75, 3.05) is 6.61 Å². The molecular weight excluding hydrogens is 288 g/mol. The minimum Gasteiger partial charge on any atom is -0.493 e. The number of hydrogen-bond acceptors (Lipinski definition) is 3. The minimum absolute atomic E-state index is 0.124. The lowest BCUT2D eigenvalue weighted by molar-refractivity contribution is 0.100. The SMILES string of the molecule is CC(C)COc1cccc(C2=CC(=O)c3ccccc3C2=O)c1. The number of carbonyl (C=O) groups excluding carboxylic acids is 2. The zero-order valence-electron chi connectivity index (χ0n) is 13.2. The highest BCUT2D eigenvalue weighted by Gasteiger charge is 2.26. The standard InChI is InChI=1S/C20H18O3/c1-13(2)12-23-15-7-5-6-14(10-15)18-11-19(21)16-8-3-4-9-17(16)20(18)22/h3-11,13H,12H2,1-2H3. The summed E-state index contributed by atoms with van der Waals surface area (Å²) in [7, 11) is 0. The molecule has 1 aliphatic carbocycles. The maximum atomic E-state index is 12.7. The largest absolute Gasteiger partial charge is 0.493 e. The van der Waals surface area contributed by atoms with Crippen LogP contribution in [0.5, 0.6) is 5.75 Å². The Balaban J connectivity index is 1.95. The van der Waals surface area contributed by atoms with Gasteiger partial charge in [-0.05, 0) is 29.7 Å². The lowest BCUT2D eigenvalue weighted by atomic mass is 9.86. The number of ketones is 2. The smallest absolute Gasteiger partial charge is 0.194 e. The molecule has 0 radical (unpaired) electrons. The number of Topliss-reactive ketones (excluding diaryl/α,β-unsaturated/α-hetero) is 1.